The van der Waals surface area contributed by atoms with Gasteiger partial charge in [0.25, 0.3) is 25.8 Å². The number of amides is 2. The second-order valence-electron chi connectivity index (χ2n) is 24.6. The average molecular weight is 1260 g/mol. The lowest BCUT2D eigenvalue weighted by atomic mass is 9.71. The molecule has 4 aromatic rings. The first-order valence-corrected chi connectivity index (χ1v) is 34.0. The predicted octanol–water partition coefficient (Wildman–Crippen LogP) is 10.1. The van der Waals surface area contributed by atoms with Crippen molar-refractivity contribution in [1.29, 1.82) is 0 Å². The van der Waals surface area contributed by atoms with Crippen LogP contribution in [0.15, 0.2) is 117 Å². The van der Waals surface area contributed by atoms with Crippen molar-refractivity contribution in [1.82, 2.24) is 29.2 Å². The van der Waals surface area contributed by atoms with Crippen LogP contribution < -0.4 is 14.9 Å². The minimum atomic E-state index is -6.08. The molecule has 0 spiro atoms. The van der Waals surface area contributed by atoms with Crippen molar-refractivity contribution in [2.24, 2.45) is 11.3 Å². The molecule has 0 radical (unpaired) electrons. The van der Waals surface area contributed by atoms with Gasteiger partial charge in [0.1, 0.15) is 10.5 Å². The minimum absolute atomic E-state index is 0.00943. The van der Waals surface area contributed by atoms with Gasteiger partial charge in [0.2, 0.25) is 0 Å². The van der Waals surface area contributed by atoms with Crippen molar-refractivity contribution in [3.8, 4) is 0 Å². The van der Waals surface area contributed by atoms with Crippen LogP contribution in [0.5, 0.6) is 0 Å². The van der Waals surface area contributed by atoms with Gasteiger partial charge in [-0.25, -0.2) is 26.4 Å². The number of nitrogens with zero attached hydrogens (tertiary/aromatic N) is 6. The minimum Gasteiger partial charge on any atom is -0.444 e. The second kappa shape index (κ2) is 28.1. The van der Waals surface area contributed by atoms with E-state index in [-0.39, 0.29) is 17.1 Å². The average Bonchev–Trinajstić information content (AvgIpc) is 2.75. The van der Waals surface area contributed by atoms with Crippen LogP contribution in [0.4, 0.5) is 29.3 Å². The molecule has 4 saturated heterocycles. The topological polar surface area (TPSA) is 164 Å². The lowest BCUT2D eigenvalue weighted by molar-refractivity contribution is -0.0436. The standard InChI is InChI=1S/C62H82ClF3N8O8S3/c1-60(2,3)82-59(76)74-34-30-70(31-35-74)42-46-21-25-72(26-22-46)45-61(4)24-20-55(47-10-14-50(63)15-11-47)49(41-61)43-71-28-32-73(33-29-71)52-16-12-48(13-17-52)58(75)68-85(79,80)54-18-19-56(57(40-54)84(77,78)62(64,65)66)67-51(23-27-69-36-38-81-39-37-69)44-83-53-8-6-5-7-9-53/h5-19,40,46,51,67H,20-39,41-45H2,1-4H3,(H,68,75). The van der Waals surface area contributed by atoms with Gasteiger partial charge in [0.15, 0.2) is 0 Å². The Hall–Kier alpha value is -4.91. The van der Waals surface area contributed by atoms with Crippen LogP contribution in [0.25, 0.3) is 5.57 Å². The number of hydrogen-bond acceptors (Lipinski definition) is 15. The zero-order chi connectivity index (χ0) is 60.6. The molecule has 2 atom stereocenters. The highest BCUT2D eigenvalue weighted by Crippen LogP contribution is 2.45. The van der Waals surface area contributed by atoms with E-state index in [1.54, 1.807) is 12.1 Å². The number of alkyl halides is 3. The van der Waals surface area contributed by atoms with Crippen LogP contribution in [-0.2, 0) is 29.3 Å². The number of piperazine rings is 2. The summed E-state index contributed by atoms with van der Waals surface area (Å²) in [4.78, 5) is 38.9. The van der Waals surface area contributed by atoms with E-state index in [2.05, 4.69) is 48.9 Å². The molecule has 1 aliphatic carbocycles. The Bertz CT molecular complexity index is 3160. The van der Waals surface area contributed by atoms with E-state index in [0.717, 1.165) is 114 Å². The highest BCUT2D eigenvalue weighted by Gasteiger charge is 2.49. The molecule has 0 aromatic heterocycles. The molecule has 16 nitrogen and oxygen atoms in total. The van der Waals surface area contributed by atoms with Gasteiger partial charge >= 0.3 is 11.6 Å². The van der Waals surface area contributed by atoms with Crippen molar-refractivity contribution in [2.75, 3.05) is 134 Å². The Morgan fingerprint density at radius 1 is 0.788 bits per heavy atom. The third-order valence-electron chi connectivity index (χ3n) is 16.9. The molecule has 4 heterocycles. The van der Waals surface area contributed by atoms with Crippen molar-refractivity contribution < 1.29 is 49.1 Å². The van der Waals surface area contributed by atoms with Crippen LogP contribution in [-0.4, -0.2) is 194 Å². The van der Waals surface area contributed by atoms with Crippen LogP contribution in [0, 0.1) is 11.3 Å². The highest BCUT2D eigenvalue weighted by molar-refractivity contribution is 7.99. The molecular formula is C62H82ClF3N8O8S3. The lowest BCUT2D eigenvalue weighted by Crippen LogP contribution is -2.51. The Kier molecular flexibility index (Phi) is 21.3. The van der Waals surface area contributed by atoms with E-state index in [9.17, 15) is 39.6 Å². The van der Waals surface area contributed by atoms with Gasteiger partial charge in [-0.2, -0.15) is 13.2 Å². The number of benzene rings is 4. The summed E-state index contributed by atoms with van der Waals surface area (Å²) in [6, 6.07) is 26.0. The van der Waals surface area contributed by atoms with Crippen molar-refractivity contribution >= 4 is 72.2 Å². The molecule has 85 heavy (non-hydrogen) atoms. The molecule has 2 N–H and O–H groups in total. The van der Waals surface area contributed by atoms with Crippen LogP contribution in [0.1, 0.15) is 82.1 Å². The molecule has 4 fully saturated rings. The molecular weight excluding hydrogens is 1170 g/mol. The summed E-state index contributed by atoms with van der Waals surface area (Å²) in [6.07, 6.45) is 5.61. The number of carbonyl (C=O) groups is 2. The first-order valence-electron chi connectivity index (χ1n) is 29.6. The molecule has 0 bridgehead atoms. The number of allylic oxidation sites excluding steroid dienone is 1. The van der Waals surface area contributed by atoms with Gasteiger partial charge in [-0.1, -0.05) is 54.4 Å². The Labute approximate surface area is 509 Å². The summed E-state index contributed by atoms with van der Waals surface area (Å²) in [6.45, 7) is 22.4. The number of thioether (sulfide) groups is 1. The van der Waals surface area contributed by atoms with Gasteiger partial charge in [-0.15, -0.1) is 11.8 Å². The number of sulfonamides is 1. The van der Waals surface area contributed by atoms with E-state index in [1.165, 1.54) is 40.6 Å². The van der Waals surface area contributed by atoms with E-state index in [4.69, 9.17) is 21.1 Å². The second-order valence-corrected chi connectivity index (χ2v) is 29.7. The summed E-state index contributed by atoms with van der Waals surface area (Å²) < 4.78 is 110. The summed E-state index contributed by atoms with van der Waals surface area (Å²) in [5.74, 6) is -0.0307. The maximum Gasteiger partial charge on any atom is 0.501 e. The molecule has 0 saturated carbocycles. The fraction of sp³-hybridized carbons (Fsp3) is 0.548. The number of hydrogen-bond donors (Lipinski definition) is 2. The summed E-state index contributed by atoms with van der Waals surface area (Å²) in [7, 11) is -11.0. The van der Waals surface area contributed by atoms with Crippen molar-refractivity contribution in [3.63, 3.8) is 0 Å². The van der Waals surface area contributed by atoms with Gasteiger partial charge in [0.05, 0.1) is 23.8 Å². The van der Waals surface area contributed by atoms with Gasteiger partial charge < -0.3 is 29.5 Å². The third-order valence-corrected chi connectivity index (χ3v) is 21.2. The number of carbonyl (C=O) groups excluding carboxylic acids is 2. The summed E-state index contributed by atoms with van der Waals surface area (Å²) in [5.41, 5.74) is -1.66. The first kappa shape index (κ1) is 64.6. The number of piperidine rings is 1. The van der Waals surface area contributed by atoms with Gasteiger partial charge in [-0.05, 0) is 162 Å². The SMILES string of the molecule is CC1(CN2CCC(CN3CCN(C(=O)OC(C)(C)C)CC3)CC2)CCC(c2ccc(Cl)cc2)=C(CN2CCN(c3ccc(C(=O)NS(=O)(=O)c4ccc(NC(CCN5CCOCC5)CSc5ccccc5)c(S(=O)(=O)C(F)(F)F)c4)cc3)CC2)C1. The number of sulfone groups is 1. The molecule has 23 heteroatoms. The number of nitrogens with one attached hydrogen (secondary N) is 2. The Morgan fingerprint density at radius 2 is 1.45 bits per heavy atom. The first-order chi connectivity index (χ1) is 40.4. The molecule has 464 valence electrons. The molecule has 4 aliphatic heterocycles. The molecule has 2 amide bonds. The number of morpholine rings is 1. The normalized spacial score (nSPS) is 21.0. The Balaban J connectivity index is 0.795. The monoisotopic (exact) mass is 1250 g/mol. The fourth-order valence-corrected chi connectivity index (χ4v) is 15.3. The van der Waals surface area contributed by atoms with Crippen LogP contribution >= 0.6 is 23.4 Å². The molecule has 5 aliphatic rings. The van der Waals surface area contributed by atoms with Crippen LogP contribution in [0.2, 0.25) is 5.02 Å². The van der Waals surface area contributed by atoms with E-state index in [0.29, 0.717) is 88.2 Å². The third kappa shape index (κ3) is 17.7. The highest BCUT2D eigenvalue weighted by atomic mass is 35.5. The smallest absolute Gasteiger partial charge is 0.444 e. The predicted molar refractivity (Wildman–Crippen MR) is 330 cm³/mol. The number of ether oxygens (including phenoxy) is 2. The number of halogens is 4. The molecule has 2 unspecified atom stereocenters. The van der Waals surface area contributed by atoms with Gasteiger partial charge in [0, 0.05) is 125 Å². The van der Waals surface area contributed by atoms with E-state index < -0.39 is 58.4 Å². The fourth-order valence-electron chi connectivity index (χ4n) is 12.2. The number of anilines is 2. The summed E-state index contributed by atoms with van der Waals surface area (Å²) in [5, 5.41) is 3.72. The largest absolute Gasteiger partial charge is 0.501 e. The van der Waals surface area contributed by atoms with E-state index >= 15 is 0 Å². The maximum atomic E-state index is 14.3. The Morgan fingerprint density at radius 3 is 2.09 bits per heavy atom. The quantitative estimate of drug-likeness (QED) is 0.0803. The maximum absolute atomic E-state index is 14.3. The molecule has 4 aromatic carbocycles. The van der Waals surface area contributed by atoms with Crippen molar-refractivity contribution in [3.05, 3.63) is 119 Å². The molecule has 9 rings (SSSR count). The lowest BCUT2D eigenvalue weighted by Gasteiger charge is -2.44. The van der Waals surface area contributed by atoms with Crippen molar-refractivity contribution in [2.45, 2.75) is 98.1 Å². The van der Waals surface area contributed by atoms with Crippen LogP contribution in [0.3, 0.4) is 0 Å². The zero-order valence-corrected chi connectivity index (χ0v) is 52.5. The van der Waals surface area contributed by atoms with Gasteiger partial charge in [-0.3, -0.25) is 19.5 Å². The van der Waals surface area contributed by atoms with E-state index in [1.807, 2.05) is 72.9 Å². The number of rotatable bonds is 20. The number of likely N-dealkylation sites (tertiary alicyclic amines) is 1. The summed E-state index contributed by atoms with van der Waals surface area (Å²) >= 11 is 7.82. The zero-order valence-electron chi connectivity index (χ0n) is 49.3.